The van der Waals surface area contributed by atoms with Crippen molar-refractivity contribution in [1.29, 1.82) is 0 Å². The molecule has 1 unspecified atom stereocenters. The number of hydrogen-bond acceptors (Lipinski definition) is 5. The Bertz CT molecular complexity index is 1360. The second-order valence-corrected chi connectivity index (χ2v) is 13.4. The zero-order chi connectivity index (χ0) is 30.9. The fraction of sp³-hybridized carbons (Fsp3) is 0.636. The SMILES string of the molecule is CC(OC(=O)[C@@H]1CCCN1)c1ccc([C@H]2C[C@@]3(C)[C@@H](CC[C@@]3(O)C(F)(F)C(F)(F)F)[C@@H]3CCC4=CC(=O)CCC4=C32)cc1. The van der Waals surface area contributed by atoms with E-state index in [4.69, 9.17) is 4.74 Å². The maximum absolute atomic E-state index is 15.2. The molecule has 1 saturated heterocycles. The van der Waals surface area contributed by atoms with Gasteiger partial charge in [0.15, 0.2) is 5.78 Å². The first-order chi connectivity index (χ1) is 20.2. The van der Waals surface area contributed by atoms with Gasteiger partial charge in [0.25, 0.3) is 0 Å². The molecule has 0 bridgehead atoms. The largest absolute Gasteiger partial charge is 0.457 e. The lowest BCUT2D eigenvalue weighted by Gasteiger charge is -2.56. The van der Waals surface area contributed by atoms with Crippen molar-refractivity contribution in [3.63, 3.8) is 0 Å². The number of carbonyl (C=O) groups is 2. The third kappa shape index (κ3) is 4.69. The van der Waals surface area contributed by atoms with Gasteiger partial charge < -0.3 is 15.2 Å². The van der Waals surface area contributed by atoms with Gasteiger partial charge in [0.05, 0.1) is 0 Å². The quantitative estimate of drug-likeness (QED) is 0.282. The molecule has 5 nitrogen and oxygen atoms in total. The molecule has 0 radical (unpaired) electrons. The summed E-state index contributed by atoms with van der Waals surface area (Å²) in [7, 11) is 0. The van der Waals surface area contributed by atoms with Gasteiger partial charge in [-0.1, -0.05) is 36.8 Å². The van der Waals surface area contributed by atoms with Gasteiger partial charge >= 0.3 is 18.1 Å². The summed E-state index contributed by atoms with van der Waals surface area (Å²) in [4.78, 5) is 24.8. The monoisotopic (exact) mass is 607 g/mol. The Balaban J connectivity index is 1.38. The summed E-state index contributed by atoms with van der Waals surface area (Å²) < 4.78 is 77.4. The first kappa shape index (κ1) is 30.4. The van der Waals surface area contributed by atoms with Crippen LogP contribution in [0, 0.1) is 17.3 Å². The van der Waals surface area contributed by atoms with Crippen molar-refractivity contribution >= 4 is 11.8 Å². The van der Waals surface area contributed by atoms with E-state index in [1.807, 2.05) is 12.1 Å². The van der Waals surface area contributed by atoms with E-state index in [1.165, 1.54) is 6.92 Å². The molecule has 0 amide bonds. The molecule has 10 heteroatoms. The van der Waals surface area contributed by atoms with Crippen molar-refractivity contribution in [2.24, 2.45) is 17.3 Å². The van der Waals surface area contributed by atoms with Crippen LogP contribution in [0.4, 0.5) is 22.0 Å². The number of ether oxygens (including phenoxy) is 1. The Labute approximate surface area is 247 Å². The van der Waals surface area contributed by atoms with Gasteiger partial charge in [-0.2, -0.15) is 22.0 Å². The van der Waals surface area contributed by atoms with Crippen molar-refractivity contribution in [3.8, 4) is 0 Å². The number of alkyl halides is 5. The highest BCUT2D eigenvalue weighted by Crippen LogP contribution is 2.70. The number of rotatable bonds is 5. The van der Waals surface area contributed by atoms with E-state index in [-0.39, 0.29) is 36.6 Å². The van der Waals surface area contributed by atoms with Crippen LogP contribution in [-0.4, -0.2) is 47.1 Å². The van der Waals surface area contributed by atoms with Gasteiger partial charge in [-0.3, -0.25) is 9.59 Å². The molecule has 5 aliphatic rings. The Morgan fingerprint density at radius 2 is 1.79 bits per heavy atom. The highest BCUT2D eigenvalue weighted by atomic mass is 19.4. The summed E-state index contributed by atoms with van der Waals surface area (Å²) in [6, 6.07) is 6.93. The number of carbonyl (C=O) groups excluding carboxylic acids is 2. The lowest BCUT2D eigenvalue weighted by Crippen LogP contribution is -2.65. The van der Waals surface area contributed by atoms with E-state index in [1.54, 1.807) is 25.1 Å². The Morgan fingerprint density at radius 1 is 1.07 bits per heavy atom. The number of ketones is 1. The minimum absolute atomic E-state index is 0.0377. The van der Waals surface area contributed by atoms with Crippen LogP contribution in [0.2, 0.25) is 0 Å². The first-order valence-corrected chi connectivity index (χ1v) is 15.4. The van der Waals surface area contributed by atoms with Gasteiger partial charge in [-0.15, -0.1) is 0 Å². The topological polar surface area (TPSA) is 75.6 Å². The normalized spacial score (nSPS) is 35.2. The number of hydrogen-bond donors (Lipinski definition) is 2. The highest BCUT2D eigenvalue weighted by molar-refractivity contribution is 5.93. The molecule has 234 valence electrons. The molecule has 1 aromatic rings. The molecule has 43 heavy (non-hydrogen) atoms. The van der Waals surface area contributed by atoms with Crippen molar-refractivity contribution in [2.45, 2.75) is 107 Å². The summed E-state index contributed by atoms with van der Waals surface area (Å²) in [5.74, 6) is -6.90. The second-order valence-electron chi connectivity index (χ2n) is 13.4. The molecule has 1 aliphatic heterocycles. The zero-order valence-corrected chi connectivity index (χ0v) is 24.4. The number of benzene rings is 1. The van der Waals surface area contributed by atoms with E-state index >= 15 is 8.78 Å². The number of allylic oxidation sites excluding steroid dienone is 4. The molecule has 2 N–H and O–H groups in total. The molecule has 2 saturated carbocycles. The maximum atomic E-state index is 15.2. The van der Waals surface area contributed by atoms with Crippen LogP contribution in [0.25, 0.3) is 0 Å². The average Bonchev–Trinajstić information content (AvgIpc) is 3.59. The van der Waals surface area contributed by atoms with Gasteiger partial charge in [0.2, 0.25) is 0 Å². The van der Waals surface area contributed by atoms with Crippen LogP contribution in [0.15, 0.2) is 47.1 Å². The minimum Gasteiger partial charge on any atom is -0.457 e. The zero-order valence-electron chi connectivity index (χ0n) is 24.4. The summed E-state index contributed by atoms with van der Waals surface area (Å²) in [5.41, 5.74) is -0.488. The summed E-state index contributed by atoms with van der Waals surface area (Å²) in [6.45, 7) is 3.95. The number of fused-ring (bicyclic) bond motifs is 4. The van der Waals surface area contributed by atoms with Crippen LogP contribution >= 0.6 is 0 Å². The summed E-state index contributed by atoms with van der Waals surface area (Å²) in [5, 5.41) is 14.5. The molecular formula is C33H38F5NO4. The molecule has 3 fully saturated rings. The standard InChI is InChI=1S/C33H38F5NO4/c1-18(43-29(41)27-4-3-15-39-27)19-5-7-20(8-6-19)25-17-30(2)26(13-14-31(30,42)32(34,35)33(36,37)38)24-11-9-21-16-22(40)10-12-23(21)28(24)25/h5-8,16,18,24-27,39,42H,3-4,9-15,17H2,1-2H3/t18?,24-,25+,26-,27-,30-,31-/m0/s1. The van der Waals surface area contributed by atoms with E-state index in [9.17, 15) is 27.9 Å². The molecule has 0 spiro atoms. The maximum Gasteiger partial charge on any atom is 0.456 e. The molecule has 1 aromatic carbocycles. The van der Waals surface area contributed by atoms with E-state index in [0.29, 0.717) is 32.1 Å². The van der Waals surface area contributed by atoms with Crippen LogP contribution in [0.3, 0.4) is 0 Å². The smallest absolute Gasteiger partial charge is 0.456 e. The predicted molar refractivity (Wildman–Crippen MR) is 148 cm³/mol. The number of nitrogens with one attached hydrogen (secondary N) is 1. The molecule has 7 atom stereocenters. The average molecular weight is 608 g/mol. The van der Waals surface area contributed by atoms with Crippen molar-refractivity contribution in [1.82, 2.24) is 5.32 Å². The number of halogens is 5. The predicted octanol–water partition coefficient (Wildman–Crippen LogP) is 6.87. The van der Waals surface area contributed by atoms with Crippen LogP contribution in [0.1, 0.15) is 94.8 Å². The molecule has 4 aliphatic carbocycles. The van der Waals surface area contributed by atoms with Crippen molar-refractivity contribution in [2.75, 3.05) is 6.54 Å². The van der Waals surface area contributed by atoms with Gasteiger partial charge in [-0.25, -0.2) is 0 Å². The van der Waals surface area contributed by atoms with Gasteiger partial charge in [0.1, 0.15) is 17.7 Å². The fourth-order valence-corrected chi connectivity index (χ4v) is 8.92. The highest BCUT2D eigenvalue weighted by Gasteiger charge is 2.79. The second kappa shape index (κ2) is 10.5. The Kier molecular flexibility index (Phi) is 7.43. The Hall–Kier alpha value is -2.59. The lowest BCUT2D eigenvalue weighted by molar-refractivity contribution is -0.362. The van der Waals surface area contributed by atoms with Gasteiger partial charge in [0, 0.05) is 17.8 Å². The molecule has 0 aromatic heterocycles. The lowest BCUT2D eigenvalue weighted by atomic mass is 9.50. The first-order valence-electron chi connectivity index (χ1n) is 15.4. The van der Waals surface area contributed by atoms with Crippen LogP contribution in [-0.2, 0) is 14.3 Å². The fourth-order valence-electron chi connectivity index (χ4n) is 8.92. The van der Waals surface area contributed by atoms with Gasteiger partial charge in [-0.05, 0) is 105 Å². The minimum atomic E-state index is -5.89. The molecular weight excluding hydrogens is 569 g/mol. The van der Waals surface area contributed by atoms with Crippen molar-refractivity contribution in [3.05, 3.63) is 58.2 Å². The van der Waals surface area contributed by atoms with E-state index < -0.39 is 47.5 Å². The third-order valence-electron chi connectivity index (χ3n) is 11.2. The van der Waals surface area contributed by atoms with Crippen LogP contribution < -0.4 is 5.32 Å². The van der Waals surface area contributed by atoms with Crippen LogP contribution in [0.5, 0.6) is 0 Å². The molecule has 6 rings (SSSR count). The summed E-state index contributed by atoms with van der Waals surface area (Å²) >= 11 is 0. The van der Waals surface area contributed by atoms with E-state index in [2.05, 4.69) is 5.32 Å². The van der Waals surface area contributed by atoms with E-state index in [0.717, 1.165) is 40.8 Å². The third-order valence-corrected chi connectivity index (χ3v) is 11.2. The number of aliphatic hydroxyl groups is 1. The van der Waals surface area contributed by atoms with Crippen molar-refractivity contribution < 1.29 is 41.4 Å². The molecule has 1 heterocycles. The summed E-state index contributed by atoms with van der Waals surface area (Å²) in [6.07, 6.45) is -1.85. The number of esters is 1. The Morgan fingerprint density at radius 3 is 2.44 bits per heavy atom.